The first kappa shape index (κ1) is 17.7. The van der Waals surface area contributed by atoms with Gasteiger partial charge in [0.2, 0.25) is 0 Å². The molecule has 0 radical (unpaired) electrons. The van der Waals surface area contributed by atoms with Crippen LogP contribution in [0.1, 0.15) is 23.1 Å². The first-order valence-corrected chi connectivity index (χ1v) is 8.36. The number of nitrogens with zero attached hydrogens (tertiary/aromatic N) is 3. The van der Waals surface area contributed by atoms with E-state index in [4.69, 9.17) is 4.74 Å². The van der Waals surface area contributed by atoms with Gasteiger partial charge in [-0.3, -0.25) is 9.20 Å². The zero-order valence-electron chi connectivity index (χ0n) is 14.7. The zero-order valence-corrected chi connectivity index (χ0v) is 14.7. The number of hydrogen-bond donors (Lipinski definition) is 2. The van der Waals surface area contributed by atoms with Crippen LogP contribution in [-0.2, 0) is 16.0 Å². The van der Waals surface area contributed by atoms with E-state index in [0.717, 1.165) is 28.0 Å². The maximum absolute atomic E-state index is 11.6. The number of aliphatic hydroxyl groups is 1. The number of benzene rings is 1. The molecule has 0 atom stereocenters. The predicted octanol–water partition coefficient (Wildman–Crippen LogP) is 2.18. The number of anilines is 1. The monoisotopic (exact) mass is 352 g/mol. The lowest BCUT2D eigenvalue weighted by molar-refractivity contribution is -0.140. The molecule has 3 aromatic rings. The summed E-state index contributed by atoms with van der Waals surface area (Å²) in [7, 11) is 1.35. The summed E-state index contributed by atoms with van der Waals surface area (Å²) in [5.74, 6) is 0.426. The average molecular weight is 352 g/mol. The van der Waals surface area contributed by atoms with E-state index in [9.17, 15) is 15.2 Å². The molecule has 2 N–H and O–H groups in total. The van der Waals surface area contributed by atoms with Crippen LogP contribution < -0.4 is 5.32 Å². The van der Waals surface area contributed by atoms with Crippen LogP contribution in [0.2, 0.25) is 0 Å². The minimum Gasteiger partial charge on any atom is -0.469 e. The number of ether oxygens (including phenoxy) is 1. The predicted molar refractivity (Wildman–Crippen MR) is 98.1 cm³/mol. The fourth-order valence-corrected chi connectivity index (χ4v) is 3.18. The van der Waals surface area contributed by atoms with Gasteiger partial charge in [-0.15, -0.1) is 0 Å². The van der Waals surface area contributed by atoms with Crippen LogP contribution in [0, 0.1) is 18.3 Å². The Morgan fingerprint density at radius 3 is 2.88 bits per heavy atom. The third-order valence-electron chi connectivity index (χ3n) is 4.44. The minimum absolute atomic E-state index is 0.0381. The van der Waals surface area contributed by atoms with Gasteiger partial charge in [0.25, 0.3) is 0 Å². The molecule has 2 aromatic heterocycles. The minimum atomic E-state index is -0.313. The summed E-state index contributed by atoms with van der Waals surface area (Å²) in [5.41, 5.74) is 4.30. The van der Waals surface area contributed by atoms with Crippen LogP contribution in [0.5, 0.6) is 0 Å². The quantitative estimate of drug-likeness (QED) is 0.660. The van der Waals surface area contributed by atoms with Gasteiger partial charge in [-0.2, -0.15) is 5.26 Å². The van der Waals surface area contributed by atoms with Crippen molar-refractivity contribution in [2.45, 2.75) is 19.8 Å². The van der Waals surface area contributed by atoms with Crippen molar-refractivity contribution in [3.8, 4) is 6.07 Å². The number of aromatic nitrogens is 2. The first-order chi connectivity index (χ1) is 12.6. The number of nitrogens with one attached hydrogen (secondary N) is 1. The normalized spacial score (nSPS) is 10.8. The number of hydrogen-bond acceptors (Lipinski definition) is 6. The van der Waals surface area contributed by atoms with Crippen LogP contribution in [0.3, 0.4) is 0 Å². The Hall–Kier alpha value is -3.11. The van der Waals surface area contributed by atoms with Crippen molar-refractivity contribution in [3.63, 3.8) is 0 Å². The number of rotatable bonds is 6. The van der Waals surface area contributed by atoms with Gasteiger partial charge < -0.3 is 15.2 Å². The molecule has 0 aliphatic carbocycles. The second-order valence-corrected chi connectivity index (χ2v) is 5.93. The van der Waals surface area contributed by atoms with Crippen LogP contribution in [-0.4, -0.2) is 40.7 Å². The Kier molecular flexibility index (Phi) is 5.05. The molecule has 0 amide bonds. The molecule has 3 rings (SSSR count). The van der Waals surface area contributed by atoms with Crippen LogP contribution in [0.25, 0.3) is 16.7 Å². The topological polar surface area (TPSA) is 99.7 Å². The van der Waals surface area contributed by atoms with Gasteiger partial charge in [0.15, 0.2) is 5.65 Å². The van der Waals surface area contributed by atoms with E-state index in [1.165, 1.54) is 7.11 Å². The number of nitriles is 1. The van der Waals surface area contributed by atoms with E-state index in [1.54, 1.807) is 0 Å². The zero-order chi connectivity index (χ0) is 18.7. The van der Waals surface area contributed by atoms with E-state index in [1.807, 2.05) is 35.6 Å². The molecule has 0 unspecified atom stereocenters. The molecule has 0 saturated heterocycles. The standard InChI is InChI=1S/C19H20N4O3/c1-12-13(7-8-17(25)26-2)18(21-9-10-24)23-16-6-4-3-5-15(16)22-19(23)14(12)11-20/h3-6,21,24H,7-10H2,1-2H3. The molecule has 7 heteroatoms. The number of imidazole rings is 1. The summed E-state index contributed by atoms with van der Waals surface area (Å²) in [4.78, 5) is 16.2. The summed E-state index contributed by atoms with van der Waals surface area (Å²) in [6.45, 7) is 2.16. The van der Waals surface area contributed by atoms with Gasteiger partial charge in [-0.25, -0.2) is 4.98 Å². The third kappa shape index (κ3) is 2.95. The molecule has 0 aliphatic heterocycles. The highest BCUT2D eigenvalue weighted by Gasteiger charge is 2.21. The Labute approximate surface area is 150 Å². The lowest BCUT2D eigenvalue weighted by Gasteiger charge is -2.18. The van der Waals surface area contributed by atoms with Gasteiger partial charge in [0, 0.05) is 13.0 Å². The molecule has 0 fully saturated rings. The van der Waals surface area contributed by atoms with Crippen molar-refractivity contribution in [1.82, 2.24) is 9.38 Å². The third-order valence-corrected chi connectivity index (χ3v) is 4.44. The number of para-hydroxylation sites is 2. The van der Waals surface area contributed by atoms with E-state index in [2.05, 4.69) is 16.4 Å². The Bertz CT molecular complexity index is 1020. The van der Waals surface area contributed by atoms with E-state index in [-0.39, 0.29) is 19.0 Å². The van der Waals surface area contributed by atoms with E-state index in [0.29, 0.717) is 24.2 Å². The lowest BCUT2D eigenvalue weighted by Crippen LogP contribution is -2.15. The lowest BCUT2D eigenvalue weighted by atomic mass is 10.00. The molecule has 0 aliphatic rings. The molecule has 1 aromatic carbocycles. The largest absolute Gasteiger partial charge is 0.469 e. The Balaban J connectivity index is 2.32. The highest BCUT2D eigenvalue weighted by Crippen LogP contribution is 2.31. The summed E-state index contributed by atoms with van der Waals surface area (Å²) in [5, 5.41) is 22.2. The molecule has 2 heterocycles. The smallest absolute Gasteiger partial charge is 0.305 e. The number of aliphatic hydroxyl groups excluding tert-OH is 1. The van der Waals surface area contributed by atoms with Crippen molar-refractivity contribution < 1.29 is 14.6 Å². The average Bonchev–Trinajstić information content (AvgIpc) is 3.03. The number of carbonyl (C=O) groups excluding carboxylic acids is 1. The van der Waals surface area contributed by atoms with Crippen LogP contribution >= 0.6 is 0 Å². The summed E-state index contributed by atoms with van der Waals surface area (Å²) in [6, 6.07) is 9.87. The summed E-state index contributed by atoms with van der Waals surface area (Å²) < 4.78 is 6.64. The van der Waals surface area contributed by atoms with Gasteiger partial charge in [-0.05, 0) is 36.6 Å². The number of fused-ring (bicyclic) bond motifs is 3. The molecule has 134 valence electrons. The molecule has 0 saturated carbocycles. The van der Waals surface area contributed by atoms with Gasteiger partial charge in [0.05, 0.1) is 30.3 Å². The molecule has 26 heavy (non-hydrogen) atoms. The molecular weight excluding hydrogens is 332 g/mol. The molecular formula is C19H20N4O3. The van der Waals surface area contributed by atoms with Gasteiger partial charge >= 0.3 is 5.97 Å². The van der Waals surface area contributed by atoms with Gasteiger partial charge in [-0.1, -0.05) is 12.1 Å². The first-order valence-electron chi connectivity index (χ1n) is 8.36. The second kappa shape index (κ2) is 7.42. The highest BCUT2D eigenvalue weighted by molar-refractivity contribution is 5.86. The maximum atomic E-state index is 11.6. The highest BCUT2D eigenvalue weighted by atomic mass is 16.5. The second-order valence-electron chi connectivity index (χ2n) is 5.93. The fraction of sp³-hybridized carbons (Fsp3) is 0.316. The number of methoxy groups -OCH3 is 1. The SMILES string of the molecule is COC(=O)CCc1c(C)c(C#N)c2nc3ccccc3n2c1NCCO. The Morgan fingerprint density at radius 2 is 2.19 bits per heavy atom. The molecule has 0 bridgehead atoms. The molecule has 7 nitrogen and oxygen atoms in total. The van der Waals surface area contributed by atoms with Crippen molar-refractivity contribution in [2.75, 3.05) is 25.6 Å². The van der Waals surface area contributed by atoms with Crippen molar-refractivity contribution in [1.29, 1.82) is 5.26 Å². The summed E-state index contributed by atoms with van der Waals surface area (Å²) in [6.07, 6.45) is 0.623. The maximum Gasteiger partial charge on any atom is 0.305 e. The van der Waals surface area contributed by atoms with Crippen molar-refractivity contribution in [3.05, 3.63) is 41.0 Å². The fourth-order valence-electron chi connectivity index (χ4n) is 3.18. The van der Waals surface area contributed by atoms with Crippen molar-refractivity contribution in [2.24, 2.45) is 0 Å². The molecule has 0 spiro atoms. The van der Waals surface area contributed by atoms with E-state index < -0.39 is 0 Å². The number of esters is 1. The number of carbonyl (C=O) groups is 1. The van der Waals surface area contributed by atoms with Crippen LogP contribution in [0.15, 0.2) is 24.3 Å². The van der Waals surface area contributed by atoms with Crippen LogP contribution in [0.4, 0.5) is 5.82 Å². The Morgan fingerprint density at radius 1 is 1.42 bits per heavy atom. The van der Waals surface area contributed by atoms with E-state index >= 15 is 0 Å². The summed E-state index contributed by atoms with van der Waals surface area (Å²) >= 11 is 0. The van der Waals surface area contributed by atoms with Crippen molar-refractivity contribution >= 4 is 28.5 Å². The number of pyridine rings is 1. The van der Waals surface area contributed by atoms with Gasteiger partial charge in [0.1, 0.15) is 11.9 Å².